The molecule has 3 N–H and O–H groups in total. The first-order valence-corrected chi connectivity index (χ1v) is 5.85. The molecule has 1 saturated heterocycles. The Labute approximate surface area is 97.0 Å². The molecule has 0 radical (unpaired) electrons. The largest absolute Gasteiger partial charge is 0.341 e. The average Bonchev–Trinajstić information content (AvgIpc) is 2.15. The number of thiol groups is 1. The Balaban J connectivity index is 2.33. The van der Waals surface area contributed by atoms with E-state index in [2.05, 4.69) is 17.9 Å². The summed E-state index contributed by atoms with van der Waals surface area (Å²) in [6, 6.07) is 0.458. The van der Waals surface area contributed by atoms with Gasteiger partial charge in [0, 0.05) is 19.1 Å². The predicted octanol–water partition coefficient (Wildman–Crippen LogP) is 0.192. The van der Waals surface area contributed by atoms with Crippen molar-refractivity contribution in [2.24, 2.45) is 5.73 Å². The molecule has 1 amide bonds. The van der Waals surface area contributed by atoms with Gasteiger partial charge in [0.1, 0.15) is 0 Å². The van der Waals surface area contributed by atoms with E-state index in [9.17, 15) is 4.79 Å². The van der Waals surface area contributed by atoms with E-state index in [1.54, 1.807) is 0 Å². The van der Waals surface area contributed by atoms with Gasteiger partial charge in [-0.3, -0.25) is 4.79 Å². The van der Waals surface area contributed by atoms with E-state index < -0.39 is 0 Å². The Hall–Kier alpha value is -0.260. The Kier molecular flexibility index (Phi) is 4.43. The minimum absolute atomic E-state index is 0.0542. The number of nitrogens with two attached hydrogens (primary N) is 1. The van der Waals surface area contributed by atoms with Gasteiger partial charge in [0.05, 0.1) is 11.4 Å². The Bertz CT molecular complexity index is 219. The smallest absolute Gasteiger partial charge is 0.236 e. The lowest BCUT2D eigenvalue weighted by molar-refractivity contribution is -0.130. The van der Waals surface area contributed by atoms with Crippen molar-refractivity contribution in [3.05, 3.63) is 0 Å². The molecule has 1 rings (SSSR count). The summed E-state index contributed by atoms with van der Waals surface area (Å²) in [5.41, 5.74) is 5.32. The van der Waals surface area contributed by atoms with Crippen LogP contribution in [0.1, 0.15) is 26.7 Å². The normalized spacial score (nSPS) is 19.3. The summed E-state index contributed by atoms with van der Waals surface area (Å²) in [5.74, 6) is 0.0542. The number of hydrogen-bond acceptors (Lipinski definition) is 4. The summed E-state index contributed by atoms with van der Waals surface area (Å²) in [6.07, 6.45) is 1.96. The zero-order valence-corrected chi connectivity index (χ0v) is 10.4. The van der Waals surface area contributed by atoms with Crippen LogP contribution < -0.4 is 11.1 Å². The highest BCUT2D eigenvalue weighted by Gasteiger charge is 2.24. The van der Waals surface area contributed by atoms with Gasteiger partial charge in [-0.15, -0.1) is 0 Å². The van der Waals surface area contributed by atoms with E-state index in [0.717, 1.165) is 25.9 Å². The molecule has 0 aliphatic carbocycles. The van der Waals surface area contributed by atoms with Crippen molar-refractivity contribution in [1.82, 2.24) is 10.2 Å². The molecular formula is C10H21N3OS. The van der Waals surface area contributed by atoms with Gasteiger partial charge in [-0.05, 0) is 26.7 Å². The van der Waals surface area contributed by atoms with Crippen LogP contribution in [0.4, 0.5) is 0 Å². The zero-order valence-electron chi connectivity index (χ0n) is 9.49. The molecule has 1 aliphatic rings. The number of nitrogens with zero attached hydrogens (tertiary/aromatic N) is 1. The van der Waals surface area contributed by atoms with E-state index >= 15 is 0 Å². The fourth-order valence-electron chi connectivity index (χ4n) is 1.90. The maximum absolute atomic E-state index is 11.3. The van der Waals surface area contributed by atoms with Crippen LogP contribution in [0.2, 0.25) is 0 Å². The van der Waals surface area contributed by atoms with Gasteiger partial charge < -0.3 is 16.0 Å². The second-order valence-electron chi connectivity index (χ2n) is 4.56. The number of carbonyl (C=O) groups excluding carboxylic acids is 1. The highest BCUT2D eigenvalue weighted by Crippen LogP contribution is 2.15. The Morgan fingerprint density at radius 2 is 2.07 bits per heavy atom. The summed E-state index contributed by atoms with van der Waals surface area (Å²) >= 11 is 4.43. The number of carbonyl (C=O) groups is 1. The standard InChI is InChI=1S/C10H21N3OS/c1-10(2,15)12-8-3-5-13(6-4-8)9(14)7-11/h8,12,15H,3-7,11H2,1-2H3. The van der Waals surface area contributed by atoms with Crippen LogP contribution in [-0.4, -0.2) is 41.4 Å². The van der Waals surface area contributed by atoms with E-state index in [-0.39, 0.29) is 17.3 Å². The van der Waals surface area contributed by atoms with Crippen molar-refractivity contribution in [3.63, 3.8) is 0 Å². The molecule has 0 bridgehead atoms. The van der Waals surface area contributed by atoms with Crippen LogP contribution >= 0.6 is 12.6 Å². The first kappa shape index (κ1) is 12.8. The summed E-state index contributed by atoms with van der Waals surface area (Å²) < 4.78 is 0. The van der Waals surface area contributed by atoms with Gasteiger partial charge >= 0.3 is 0 Å². The van der Waals surface area contributed by atoms with Crippen LogP contribution in [0.15, 0.2) is 0 Å². The molecule has 0 saturated carbocycles. The van der Waals surface area contributed by atoms with Gasteiger partial charge in [0.2, 0.25) is 5.91 Å². The van der Waals surface area contributed by atoms with Crippen LogP contribution in [0.5, 0.6) is 0 Å². The van der Waals surface area contributed by atoms with Gasteiger partial charge in [-0.2, -0.15) is 12.6 Å². The number of rotatable bonds is 3. The zero-order chi connectivity index (χ0) is 11.5. The van der Waals surface area contributed by atoms with Gasteiger partial charge in [-0.1, -0.05) is 0 Å². The molecule has 88 valence electrons. The summed E-state index contributed by atoms with van der Waals surface area (Å²) in [7, 11) is 0. The predicted molar refractivity (Wildman–Crippen MR) is 64.9 cm³/mol. The van der Waals surface area contributed by atoms with Gasteiger partial charge in [0.15, 0.2) is 0 Å². The number of piperidine rings is 1. The van der Waals surface area contributed by atoms with Crippen LogP contribution in [0, 0.1) is 0 Å². The molecule has 1 heterocycles. The van der Waals surface area contributed by atoms with E-state index in [1.807, 2.05) is 18.7 Å². The second kappa shape index (κ2) is 5.18. The average molecular weight is 231 g/mol. The highest BCUT2D eigenvalue weighted by atomic mass is 32.1. The molecule has 0 spiro atoms. The fourth-order valence-corrected chi connectivity index (χ4v) is 2.08. The topological polar surface area (TPSA) is 58.4 Å². The molecule has 5 heteroatoms. The molecule has 0 aromatic rings. The SMILES string of the molecule is CC(C)(S)NC1CCN(C(=O)CN)CC1. The molecule has 1 aliphatic heterocycles. The Morgan fingerprint density at radius 3 is 2.47 bits per heavy atom. The van der Waals surface area contributed by atoms with Gasteiger partial charge in [-0.25, -0.2) is 0 Å². The quantitative estimate of drug-likeness (QED) is 0.480. The maximum Gasteiger partial charge on any atom is 0.236 e. The fraction of sp³-hybridized carbons (Fsp3) is 0.900. The van der Waals surface area contributed by atoms with Crippen molar-refractivity contribution in [1.29, 1.82) is 0 Å². The lowest BCUT2D eigenvalue weighted by Crippen LogP contribution is -2.50. The Morgan fingerprint density at radius 1 is 1.53 bits per heavy atom. The van der Waals surface area contributed by atoms with Gasteiger partial charge in [0.25, 0.3) is 0 Å². The van der Waals surface area contributed by atoms with E-state index in [1.165, 1.54) is 0 Å². The number of likely N-dealkylation sites (tertiary alicyclic amines) is 1. The molecule has 0 aromatic carbocycles. The molecule has 0 unspecified atom stereocenters. The maximum atomic E-state index is 11.3. The lowest BCUT2D eigenvalue weighted by Gasteiger charge is -2.35. The van der Waals surface area contributed by atoms with Crippen molar-refractivity contribution >= 4 is 18.5 Å². The van der Waals surface area contributed by atoms with Crippen LogP contribution in [0.25, 0.3) is 0 Å². The van der Waals surface area contributed by atoms with E-state index in [4.69, 9.17) is 5.73 Å². The summed E-state index contributed by atoms with van der Waals surface area (Å²) in [6.45, 7) is 5.80. The molecule has 1 fully saturated rings. The minimum Gasteiger partial charge on any atom is -0.341 e. The van der Waals surface area contributed by atoms with Crippen molar-refractivity contribution in [2.75, 3.05) is 19.6 Å². The van der Waals surface area contributed by atoms with Crippen molar-refractivity contribution in [2.45, 2.75) is 37.6 Å². The third-order valence-electron chi connectivity index (χ3n) is 2.58. The first-order valence-electron chi connectivity index (χ1n) is 5.40. The molecule has 15 heavy (non-hydrogen) atoms. The third kappa shape index (κ3) is 4.40. The lowest BCUT2D eigenvalue weighted by atomic mass is 10.0. The minimum atomic E-state index is -0.148. The number of hydrogen-bond donors (Lipinski definition) is 3. The van der Waals surface area contributed by atoms with Crippen LogP contribution in [-0.2, 0) is 4.79 Å². The monoisotopic (exact) mass is 231 g/mol. The van der Waals surface area contributed by atoms with E-state index in [0.29, 0.717) is 6.04 Å². The van der Waals surface area contributed by atoms with Crippen molar-refractivity contribution < 1.29 is 4.79 Å². The number of amides is 1. The second-order valence-corrected chi connectivity index (χ2v) is 5.68. The number of nitrogens with one attached hydrogen (secondary N) is 1. The van der Waals surface area contributed by atoms with Crippen molar-refractivity contribution in [3.8, 4) is 0 Å². The third-order valence-corrected chi connectivity index (χ3v) is 2.71. The summed E-state index contributed by atoms with van der Waals surface area (Å²) in [4.78, 5) is 13.0. The summed E-state index contributed by atoms with van der Waals surface area (Å²) in [5, 5.41) is 3.43. The first-order chi connectivity index (χ1) is 6.92. The highest BCUT2D eigenvalue weighted by molar-refractivity contribution is 7.81. The van der Waals surface area contributed by atoms with Crippen LogP contribution in [0.3, 0.4) is 0 Å². The molecule has 0 atom stereocenters. The molecular weight excluding hydrogens is 210 g/mol. The molecule has 0 aromatic heterocycles. The molecule has 4 nitrogen and oxygen atoms in total.